The maximum Gasteiger partial charge on any atom is 0.146 e. The average molecular weight is 300 g/mol. The van der Waals surface area contributed by atoms with Crippen LogP contribution in [0, 0.1) is 5.41 Å². The van der Waals surface area contributed by atoms with Crippen LogP contribution in [-0.2, 0) is 9.53 Å². The van der Waals surface area contributed by atoms with Crippen molar-refractivity contribution in [1.82, 2.24) is 0 Å². The molecular weight excluding hydrogens is 272 g/mol. The second kappa shape index (κ2) is 8.57. The van der Waals surface area contributed by atoms with Crippen LogP contribution in [0.5, 0.6) is 0 Å². The monoisotopic (exact) mass is 300 g/mol. The molecule has 2 nitrogen and oxygen atoms in total. The van der Waals surface area contributed by atoms with Gasteiger partial charge in [0.1, 0.15) is 12.0 Å². The first-order valence-electron chi connectivity index (χ1n) is 7.83. The van der Waals surface area contributed by atoms with E-state index >= 15 is 0 Å². The largest absolute Gasteiger partial charge is 0.497 e. The van der Waals surface area contributed by atoms with Crippen molar-refractivity contribution in [2.24, 2.45) is 5.41 Å². The molecule has 0 N–H and O–H groups in total. The van der Waals surface area contributed by atoms with Crippen molar-refractivity contribution in [3.63, 3.8) is 0 Å². The normalized spacial score (nSPS) is 20.0. The van der Waals surface area contributed by atoms with Crippen LogP contribution in [0.2, 0.25) is 0 Å². The Bertz CT molecular complexity index is 540. The number of rotatable bonds is 6. The van der Waals surface area contributed by atoms with E-state index < -0.39 is 0 Å². The van der Waals surface area contributed by atoms with Crippen molar-refractivity contribution >= 4 is 6.29 Å². The molecule has 120 valence electrons. The molecule has 1 rings (SSSR count). The number of methoxy groups -OCH3 is 1. The quantitative estimate of drug-likeness (QED) is 0.288. The van der Waals surface area contributed by atoms with Gasteiger partial charge in [0.2, 0.25) is 0 Å². The molecule has 0 unspecified atom stereocenters. The van der Waals surface area contributed by atoms with Gasteiger partial charge in [-0.2, -0.15) is 0 Å². The van der Waals surface area contributed by atoms with E-state index in [-0.39, 0.29) is 5.41 Å². The van der Waals surface area contributed by atoms with Gasteiger partial charge in [-0.05, 0) is 50.2 Å². The molecule has 1 aliphatic carbocycles. The van der Waals surface area contributed by atoms with Gasteiger partial charge in [0.05, 0.1) is 7.11 Å². The first kappa shape index (κ1) is 18.2. The molecule has 0 amide bonds. The summed E-state index contributed by atoms with van der Waals surface area (Å²) in [4.78, 5) is 10.4. The van der Waals surface area contributed by atoms with Gasteiger partial charge in [-0.1, -0.05) is 49.3 Å². The van der Waals surface area contributed by atoms with E-state index in [0.29, 0.717) is 5.76 Å². The second-order valence-corrected chi connectivity index (χ2v) is 6.44. The van der Waals surface area contributed by atoms with Gasteiger partial charge in [0.25, 0.3) is 0 Å². The minimum Gasteiger partial charge on any atom is -0.497 e. The fraction of sp³-hybridized carbons (Fsp3) is 0.450. The van der Waals surface area contributed by atoms with E-state index in [9.17, 15) is 4.79 Å². The van der Waals surface area contributed by atoms with Crippen LogP contribution in [0.25, 0.3) is 0 Å². The molecule has 0 aliphatic heterocycles. The van der Waals surface area contributed by atoms with Crippen molar-refractivity contribution in [3.8, 4) is 0 Å². The molecule has 0 fully saturated rings. The lowest BCUT2D eigenvalue weighted by Crippen LogP contribution is -2.19. The fourth-order valence-corrected chi connectivity index (χ4v) is 2.83. The number of carbonyl (C=O) groups is 1. The SMILES string of the molecule is COC(/C=C/C=C(C)\C=C\C1=C(C)CCCC1(C)C)=C/C=O. The summed E-state index contributed by atoms with van der Waals surface area (Å²) < 4.78 is 5.06. The third kappa shape index (κ3) is 5.51. The highest BCUT2D eigenvalue weighted by atomic mass is 16.5. The smallest absolute Gasteiger partial charge is 0.146 e. The topological polar surface area (TPSA) is 26.3 Å². The van der Waals surface area contributed by atoms with Crippen molar-refractivity contribution in [2.45, 2.75) is 47.0 Å². The zero-order valence-corrected chi connectivity index (χ0v) is 14.5. The zero-order valence-electron chi connectivity index (χ0n) is 14.5. The highest BCUT2D eigenvalue weighted by molar-refractivity contribution is 5.66. The number of carbonyl (C=O) groups excluding carboxylic acids is 1. The maximum atomic E-state index is 10.4. The molecule has 0 aromatic heterocycles. The van der Waals surface area contributed by atoms with Gasteiger partial charge in [-0.15, -0.1) is 0 Å². The Morgan fingerprint density at radius 1 is 1.23 bits per heavy atom. The zero-order chi connectivity index (χ0) is 16.6. The summed E-state index contributed by atoms with van der Waals surface area (Å²) in [5.41, 5.74) is 4.41. The van der Waals surface area contributed by atoms with Crippen LogP contribution < -0.4 is 0 Å². The predicted molar refractivity (Wildman–Crippen MR) is 93.5 cm³/mol. The number of hydrogen-bond acceptors (Lipinski definition) is 2. The molecule has 0 saturated heterocycles. The molecule has 0 saturated carbocycles. The van der Waals surface area contributed by atoms with E-state index in [1.165, 1.54) is 42.1 Å². The molecule has 22 heavy (non-hydrogen) atoms. The Morgan fingerprint density at radius 3 is 2.55 bits per heavy atom. The van der Waals surface area contributed by atoms with Crippen molar-refractivity contribution < 1.29 is 9.53 Å². The minimum absolute atomic E-state index is 0.269. The van der Waals surface area contributed by atoms with E-state index in [1.54, 1.807) is 13.2 Å². The Kier molecular flexibility index (Phi) is 7.10. The number of aldehydes is 1. The van der Waals surface area contributed by atoms with Crippen LogP contribution in [-0.4, -0.2) is 13.4 Å². The molecule has 0 bridgehead atoms. The van der Waals surface area contributed by atoms with E-state index in [2.05, 4.69) is 39.8 Å². The Balaban J connectivity index is 2.81. The summed E-state index contributed by atoms with van der Waals surface area (Å²) in [6.07, 6.45) is 16.0. The molecule has 0 aromatic carbocycles. The van der Waals surface area contributed by atoms with E-state index in [0.717, 1.165) is 6.29 Å². The molecule has 0 spiro atoms. The van der Waals surface area contributed by atoms with Gasteiger partial charge in [-0.3, -0.25) is 4.79 Å². The summed E-state index contributed by atoms with van der Waals surface area (Å²) in [6, 6.07) is 0. The summed E-state index contributed by atoms with van der Waals surface area (Å²) in [6.45, 7) is 8.96. The summed E-state index contributed by atoms with van der Waals surface area (Å²) >= 11 is 0. The van der Waals surface area contributed by atoms with Crippen LogP contribution in [0.4, 0.5) is 0 Å². The lowest BCUT2D eigenvalue weighted by Gasteiger charge is -2.32. The van der Waals surface area contributed by atoms with Crippen molar-refractivity contribution in [2.75, 3.05) is 7.11 Å². The van der Waals surface area contributed by atoms with E-state index in [4.69, 9.17) is 4.74 Å². The molecule has 0 radical (unpaired) electrons. The summed E-state index contributed by atoms with van der Waals surface area (Å²) in [7, 11) is 1.55. The highest BCUT2D eigenvalue weighted by Gasteiger charge is 2.26. The molecule has 0 atom stereocenters. The average Bonchev–Trinajstić information content (AvgIpc) is 2.45. The Labute approximate surface area is 134 Å². The lowest BCUT2D eigenvalue weighted by atomic mass is 9.72. The van der Waals surface area contributed by atoms with Crippen molar-refractivity contribution in [1.29, 1.82) is 0 Å². The lowest BCUT2D eigenvalue weighted by molar-refractivity contribution is -0.104. The summed E-state index contributed by atoms with van der Waals surface area (Å²) in [5.74, 6) is 0.551. The van der Waals surface area contributed by atoms with Gasteiger partial charge >= 0.3 is 0 Å². The molecule has 2 heteroatoms. The molecule has 0 heterocycles. The van der Waals surface area contributed by atoms with Gasteiger partial charge in [0, 0.05) is 6.08 Å². The fourth-order valence-electron chi connectivity index (χ4n) is 2.83. The van der Waals surface area contributed by atoms with Crippen LogP contribution in [0.1, 0.15) is 47.0 Å². The molecular formula is C20H28O2. The van der Waals surface area contributed by atoms with Crippen LogP contribution >= 0.6 is 0 Å². The molecule has 0 aromatic rings. The van der Waals surface area contributed by atoms with Crippen LogP contribution in [0.15, 0.2) is 58.9 Å². The maximum absolute atomic E-state index is 10.4. The van der Waals surface area contributed by atoms with Gasteiger partial charge < -0.3 is 4.74 Å². The third-order valence-electron chi connectivity index (χ3n) is 4.14. The first-order chi connectivity index (χ1) is 10.4. The van der Waals surface area contributed by atoms with Gasteiger partial charge in [-0.25, -0.2) is 0 Å². The standard InChI is InChI=1S/C20H28O2/c1-16(8-6-10-18(22-5)13-15-21)11-12-19-17(2)9-7-14-20(19,3)4/h6,8,10-13,15H,7,9,14H2,1-5H3/b10-6+,12-11+,16-8-,18-13+. The number of ether oxygens (including phenoxy) is 1. The third-order valence-corrected chi connectivity index (χ3v) is 4.14. The van der Waals surface area contributed by atoms with Crippen LogP contribution in [0.3, 0.4) is 0 Å². The highest BCUT2D eigenvalue weighted by Crippen LogP contribution is 2.40. The van der Waals surface area contributed by atoms with Crippen molar-refractivity contribution in [3.05, 3.63) is 58.9 Å². The van der Waals surface area contributed by atoms with E-state index in [1.807, 2.05) is 12.2 Å². The second-order valence-electron chi connectivity index (χ2n) is 6.44. The minimum atomic E-state index is 0.269. The number of hydrogen-bond donors (Lipinski definition) is 0. The summed E-state index contributed by atoms with van der Waals surface area (Å²) in [5, 5.41) is 0. The predicted octanol–water partition coefficient (Wildman–Crippen LogP) is 5.30. The van der Waals surface area contributed by atoms with Gasteiger partial charge in [0.15, 0.2) is 0 Å². The first-order valence-corrected chi connectivity index (χ1v) is 7.83. The Hall–Kier alpha value is -1.83. The number of allylic oxidation sites excluding steroid dienone is 9. The molecule has 1 aliphatic rings. The Morgan fingerprint density at radius 2 is 1.95 bits per heavy atom.